The third kappa shape index (κ3) is 1.39. The normalized spacial score (nSPS) is 30.5. The van der Waals surface area contributed by atoms with Crippen molar-refractivity contribution in [2.24, 2.45) is 0 Å². The van der Waals surface area contributed by atoms with Crippen LogP contribution in [0.5, 0.6) is 5.75 Å². The van der Waals surface area contributed by atoms with Crippen LogP contribution in [0, 0.1) is 0 Å². The number of nitrogens with zero attached hydrogens (tertiary/aromatic N) is 2. The quantitative estimate of drug-likeness (QED) is 0.793. The van der Waals surface area contributed by atoms with Crippen LogP contribution in [0.4, 0.5) is 5.69 Å². The average molecular weight is 311 g/mol. The lowest BCUT2D eigenvalue weighted by atomic mass is 9.81. The highest BCUT2D eigenvalue weighted by Gasteiger charge is 2.52. The summed E-state index contributed by atoms with van der Waals surface area (Å²) in [5.41, 5.74) is 2.97. The van der Waals surface area contributed by atoms with E-state index in [9.17, 15) is 0 Å². The maximum Gasteiger partial charge on any atom is 0.135 e. The molecule has 0 radical (unpaired) electrons. The molecule has 3 nitrogen and oxygen atoms in total. The topological polar surface area (TPSA) is 15.7 Å². The molecule has 2 heterocycles. The molecule has 98 valence electrons. The van der Waals surface area contributed by atoms with E-state index in [1.807, 2.05) is 0 Å². The van der Waals surface area contributed by atoms with Gasteiger partial charge in [-0.3, -0.25) is 4.90 Å². The highest BCUT2D eigenvalue weighted by molar-refractivity contribution is 9.10. The van der Waals surface area contributed by atoms with Gasteiger partial charge in [0, 0.05) is 30.8 Å². The molecule has 1 aromatic rings. The fraction of sp³-hybridized carbons (Fsp3) is 0.571. The van der Waals surface area contributed by atoms with Crippen molar-refractivity contribution in [1.29, 1.82) is 0 Å². The third-order valence-electron chi connectivity index (χ3n) is 4.60. The maximum atomic E-state index is 5.41. The summed E-state index contributed by atoms with van der Waals surface area (Å²) in [7, 11) is 6.12. The second kappa shape index (κ2) is 3.87. The number of fused-ring (bicyclic) bond motifs is 3. The van der Waals surface area contributed by atoms with Gasteiger partial charge in [-0.05, 0) is 41.0 Å². The molecule has 0 aromatic heterocycles. The zero-order valence-electron chi connectivity index (χ0n) is 11.3. The zero-order chi connectivity index (χ0) is 13.1. The molecule has 2 aliphatic heterocycles. The molecule has 4 heteroatoms. The summed E-state index contributed by atoms with van der Waals surface area (Å²) in [6.07, 6.45) is 1.68. The van der Waals surface area contributed by atoms with Crippen molar-refractivity contribution in [3.63, 3.8) is 0 Å². The minimum absolute atomic E-state index is 0.230. The molecule has 1 fully saturated rings. The number of anilines is 1. The summed E-state index contributed by atoms with van der Waals surface area (Å²) in [5, 5.41) is 0. The van der Waals surface area contributed by atoms with Crippen LogP contribution in [-0.2, 0) is 5.41 Å². The van der Waals surface area contributed by atoms with Gasteiger partial charge >= 0.3 is 0 Å². The summed E-state index contributed by atoms with van der Waals surface area (Å²) in [5.74, 6) is 0.909. The van der Waals surface area contributed by atoms with Crippen LogP contribution >= 0.6 is 15.9 Å². The lowest BCUT2D eigenvalue weighted by Crippen LogP contribution is -2.45. The molecule has 0 aliphatic carbocycles. The summed E-state index contributed by atoms with van der Waals surface area (Å²) < 4.78 is 6.46. The number of likely N-dealkylation sites (N-methyl/N-ethyl adjacent to an activating group) is 2. The van der Waals surface area contributed by atoms with Gasteiger partial charge in [-0.1, -0.05) is 6.92 Å². The van der Waals surface area contributed by atoms with Gasteiger partial charge in [-0.2, -0.15) is 0 Å². The van der Waals surface area contributed by atoms with Gasteiger partial charge in [0.1, 0.15) is 5.75 Å². The fourth-order valence-corrected chi connectivity index (χ4v) is 4.23. The molecule has 18 heavy (non-hydrogen) atoms. The SMILES string of the molecule is COc1cc2c(cc1Br)[C@]1(C)CCN(C)[C@@H]1N2C. The number of methoxy groups -OCH3 is 1. The van der Waals surface area contributed by atoms with E-state index >= 15 is 0 Å². The van der Waals surface area contributed by atoms with Crippen molar-refractivity contribution in [2.45, 2.75) is 24.9 Å². The van der Waals surface area contributed by atoms with Crippen molar-refractivity contribution in [2.75, 3.05) is 32.6 Å². The van der Waals surface area contributed by atoms with E-state index in [0.717, 1.165) is 16.8 Å². The van der Waals surface area contributed by atoms with Crippen LogP contribution in [0.15, 0.2) is 16.6 Å². The first-order valence-corrected chi connectivity index (χ1v) is 7.09. The first kappa shape index (κ1) is 12.3. The van der Waals surface area contributed by atoms with E-state index in [2.05, 4.69) is 58.9 Å². The second-order valence-electron chi connectivity index (χ2n) is 5.64. The standard InChI is InChI=1S/C14H19BrN2O/c1-14-5-6-16(2)13(14)17(3)11-8-12(18-4)10(15)7-9(11)14/h7-8,13H,5-6H2,1-4H3/t13-,14+/m1/s1. The predicted octanol–water partition coefficient (Wildman–Crippen LogP) is 2.83. The van der Waals surface area contributed by atoms with E-state index in [1.165, 1.54) is 17.7 Å². The van der Waals surface area contributed by atoms with E-state index < -0.39 is 0 Å². The molecule has 0 spiro atoms. The van der Waals surface area contributed by atoms with Crippen molar-refractivity contribution in [3.05, 3.63) is 22.2 Å². The molecular formula is C14H19BrN2O. The van der Waals surface area contributed by atoms with Crippen LogP contribution in [0.2, 0.25) is 0 Å². The highest BCUT2D eigenvalue weighted by Crippen LogP contribution is 2.52. The van der Waals surface area contributed by atoms with Crippen LogP contribution in [-0.4, -0.2) is 38.8 Å². The van der Waals surface area contributed by atoms with Gasteiger partial charge < -0.3 is 9.64 Å². The van der Waals surface area contributed by atoms with Crippen molar-refractivity contribution in [1.82, 2.24) is 4.90 Å². The van der Waals surface area contributed by atoms with Gasteiger partial charge in [-0.25, -0.2) is 0 Å². The molecule has 0 amide bonds. The number of halogens is 1. The molecule has 2 aliphatic rings. The maximum absolute atomic E-state index is 5.41. The molecule has 1 saturated heterocycles. The number of benzene rings is 1. The summed E-state index contributed by atoms with van der Waals surface area (Å²) in [4.78, 5) is 4.83. The highest BCUT2D eigenvalue weighted by atomic mass is 79.9. The molecule has 0 N–H and O–H groups in total. The van der Waals surface area contributed by atoms with Gasteiger partial charge in [0.15, 0.2) is 0 Å². The number of hydrogen-bond acceptors (Lipinski definition) is 3. The second-order valence-corrected chi connectivity index (χ2v) is 6.49. The monoisotopic (exact) mass is 310 g/mol. The van der Waals surface area contributed by atoms with Crippen LogP contribution in [0.25, 0.3) is 0 Å². The molecule has 3 rings (SSSR count). The summed E-state index contributed by atoms with van der Waals surface area (Å²) in [6, 6.07) is 4.39. The van der Waals surface area contributed by atoms with Crippen LogP contribution < -0.4 is 9.64 Å². The smallest absolute Gasteiger partial charge is 0.135 e. The van der Waals surface area contributed by atoms with E-state index in [0.29, 0.717) is 6.17 Å². The van der Waals surface area contributed by atoms with E-state index in [-0.39, 0.29) is 5.41 Å². The lowest BCUT2D eigenvalue weighted by Gasteiger charge is -2.32. The third-order valence-corrected chi connectivity index (χ3v) is 5.22. The van der Waals surface area contributed by atoms with Gasteiger partial charge in [0.25, 0.3) is 0 Å². The number of hydrogen-bond donors (Lipinski definition) is 0. The molecule has 0 saturated carbocycles. The van der Waals surface area contributed by atoms with Gasteiger partial charge in [0.2, 0.25) is 0 Å². The first-order chi connectivity index (χ1) is 8.49. The van der Waals surface area contributed by atoms with E-state index in [4.69, 9.17) is 4.74 Å². The Morgan fingerprint density at radius 3 is 2.78 bits per heavy atom. The van der Waals surface area contributed by atoms with Gasteiger partial charge in [0.05, 0.1) is 17.7 Å². The summed E-state index contributed by atoms with van der Waals surface area (Å²) >= 11 is 3.61. The van der Waals surface area contributed by atoms with Crippen LogP contribution in [0.3, 0.4) is 0 Å². The first-order valence-electron chi connectivity index (χ1n) is 6.30. The fourth-order valence-electron chi connectivity index (χ4n) is 3.72. The Morgan fingerprint density at radius 1 is 1.39 bits per heavy atom. The largest absolute Gasteiger partial charge is 0.495 e. The lowest BCUT2D eigenvalue weighted by molar-refractivity contribution is 0.268. The molecular weight excluding hydrogens is 292 g/mol. The Hall–Kier alpha value is -0.740. The Morgan fingerprint density at radius 2 is 2.11 bits per heavy atom. The number of likely N-dealkylation sites (tertiary alicyclic amines) is 1. The van der Waals surface area contributed by atoms with Gasteiger partial charge in [-0.15, -0.1) is 0 Å². The Kier molecular flexibility index (Phi) is 2.65. The van der Waals surface area contributed by atoms with Crippen molar-refractivity contribution < 1.29 is 4.74 Å². The molecule has 2 atom stereocenters. The summed E-state index contributed by atoms with van der Waals surface area (Å²) in [6.45, 7) is 3.54. The Labute approximate surface area is 117 Å². The van der Waals surface area contributed by atoms with E-state index in [1.54, 1.807) is 7.11 Å². The number of ether oxygens (including phenoxy) is 1. The number of rotatable bonds is 1. The minimum Gasteiger partial charge on any atom is -0.495 e. The minimum atomic E-state index is 0.230. The van der Waals surface area contributed by atoms with Crippen LogP contribution in [0.1, 0.15) is 18.9 Å². The Balaban J connectivity index is 2.18. The van der Waals surface area contributed by atoms with Crippen molar-refractivity contribution >= 4 is 21.6 Å². The molecule has 0 unspecified atom stereocenters. The zero-order valence-corrected chi connectivity index (χ0v) is 12.9. The molecule has 1 aromatic carbocycles. The molecule has 0 bridgehead atoms. The average Bonchev–Trinajstić information content (AvgIpc) is 2.75. The Bertz CT molecular complexity index is 505. The predicted molar refractivity (Wildman–Crippen MR) is 77.5 cm³/mol. The van der Waals surface area contributed by atoms with Crippen molar-refractivity contribution in [3.8, 4) is 5.75 Å².